The number of hydrogen-bond acceptors (Lipinski definition) is 4. The Labute approximate surface area is 144 Å². The van der Waals surface area contributed by atoms with E-state index < -0.39 is 11.1 Å². The third kappa shape index (κ3) is 2.76. The van der Waals surface area contributed by atoms with E-state index in [1.165, 1.54) is 9.25 Å². The lowest BCUT2D eigenvalue weighted by Crippen LogP contribution is -2.42. The van der Waals surface area contributed by atoms with Gasteiger partial charge in [-0.1, -0.05) is 48.0 Å². The van der Waals surface area contributed by atoms with Gasteiger partial charge >= 0.3 is 11.1 Å². The zero-order valence-corrected chi connectivity index (χ0v) is 13.9. The largest absolute Gasteiger partial charge is 0.333 e. The van der Waals surface area contributed by atoms with Gasteiger partial charge in [0.05, 0.1) is 6.54 Å². The van der Waals surface area contributed by atoms with Crippen LogP contribution in [0, 0.1) is 6.92 Å². The minimum Gasteiger partial charge on any atom is -0.309 e. The molecule has 0 unspecified atom stereocenters. The molecular weight excluding hydrogens is 316 g/mol. The number of anilines is 2. The van der Waals surface area contributed by atoms with Crippen LogP contribution in [0.25, 0.3) is 0 Å². The molecule has 2 aromatic carbocycles. The van der Waals surface area contributed by atoms with Gasteiger partial charge in [-0.15, -0.1) is 5.10 Å². The molecule has 1 aliphatic rings. The molecule has 0 N–H and O–H groups in total. The van der Waals surface area contributed by atoms with E-state index in [0.29, 0.717) is 19.0 Å². The normalized spacial score (nSPS) is 13.1. The number of para-hydroxylation sites is 1. The first-order chi connectivity index (χ1) is 12.1. The van der Waals surface area contributed by atoms with Crippen LogP contribution >= 0.6 is 0 Å². The summed E-state index contributed by atoms with van der Waals surface area (Å²) in [5, 5.41) is 4.49. The maximum atomic E-state index is 12.5. The van der Waals surface area contributed by atoms with Crippen molar-refractivity contribution in [2.45, 2.75) is 20.0 Å². The van der Waals surface area contributed by atoms with E-state index in [-0.39, 0.29) is 6.54 Å². The van der Waals surface area contributed by atoms with Crippen molar-refractivity contribution in [3.63, 3.8) is 0 Å². The maximum absolute atomic E-state index is 12.5. The van der Waals surface area contributed by atoms with Gasteiger partial charge in [-0.25, -0.2) is 4.68 Å². The molecule has 0 spiro atoms. The summed E-state index contributed by atoms with van der Waals surface area (Å²) in [5.41, 5.74) is 1.91. The molecule has 25 heavy (non-hydrogen) atoms. The highest BCUT2D eigenvalue weighted by molar-refractivity contribution is 5.58. The van der Waals surface area contributed by atoms with Gasteiger partial charge < -0.3 is 4.90 Å². The number of nitrogens with zero attached hydrogens (tertiary/aromatic N) is 4. The summed E-state index contributed by atoms with van der Waals surface area (Å²) in [5.74, 6) is 0.517. The maximum Gasteiger partial charge on any atom is 0.333 e. The minimum atomic E-state index is -0.583. The van der Waals surface area contributed by atoms with E-state index in [4.69, 9.17) is 0 Å². The number of hydrogen-bond donors (Lipinski definition) is 0. The molecule has 0 atom stereocenters. The van der Waals surface area contributed by atoms with Crippen molar-refractivity contribution in [2.75, 3.05) is 11.4 Å². The molecule has 6 heteroatoms. The van der Waals surface area contributed by atoms with E-state index in [2.05, 4.69) is 5.10 Å². The Morgan fingerprint density at radius 2 is 1.76 bits per heavy atom. The zero-order valence-electron chi connectivity index (χ0n) is 13.9. The van der Waals surface area contributed by atoms with E-state index >= 15 is 0 Å². The Morgan fingerprint density at radius 1 is 0.960 bits per heavy atom. The molecule has 0 radical (unpaired) electrons. The Hall–Kier alpha value is -3.15. The predicted octanol–water partition coefficient (Wildman–Crippen LogP) is 1.91. The molecule has 4 rings (SSSR count). The lowest BCUT2D eigenvalue weighted by atomic mass is 10.1. The van der Waals surface area contributed by atoms with Crippen LogP contribution in [0.15, 0.2) is 64.2 Å². The van der Waals surface area contributed by atoms with Crippen LogP contribution in [0.1, 0.15) is 11.1 Å². The van der Waals surface area contributed by atoms with Crippen LogP contribution in [-0.2, 0) is 13.1 Å². The number of aromatic nitrogens is 3. The summed E-state index contributed by atoms with van der Waals surface area (Å²) in [7, 11) is 0. The van der Waals surface area contributed by atoms with Gasteiger partial charge in [0.15, 0.2) is 0 Å². The molecular formula is C19H18N4O2. The Bertz CT molecular complexity index is 1040. The Morgan fingerprint density at radius 3 is 2.52 bits per heavy atom. The monoisotopic (exact) mass is 334 g/mol. The summed E-state index contributed by atoms with van der Waals surface area (Å²) in [4.78, 5) is 26.9. The summed E-state index contributed by atoms with van der Waals surface area (Å²) >= 11 is 0. The summed E-state index contributed by atoms with van der Waals surface area (Å²) in [6, 6.07) is 17.6. The number of rotatable bonds is 3. The first kappa shape index (κ1) is 15.4. The molecule has 1 aromatic heterocycles. The molecule has 3 aromatic rings. The van der Waals surface area contributed by atoms with Gasteiger partial charge in [0.1, 0.15) is 0 Å². The van der Waals surface area contributed by atoms with Gasteiger partial charge in [0.25, 0.3) is 0 Å². The third-order valence-electron chi connectivity index (χ3n) is 4.39. The number of fused-ring (bicyclic) bond motifs is 1. The quantitative estimate of drug-likeness (QED) is 0.687. The fraction of sp³-hybridized carbons (Fsp3) is 0.211. The van der Waals surface area contributed by atoms with E-state index in [9.17, 15) is 9.59 Å². The van der Waals surface area contributed by atoms with Gasteiger partial charge in [0, 0.05) is 18.8 Å². The smallest absolute Gasteiger partial charge is 0.309 e. The van der Waals surface area contributed by atoms with Crippen LogP contribution in [-0.4, -0.2) is 20.9 Å². The Kier molecular flexibility index (Phi) is 3.72. The molecule has 1 aliphatic heterocycles. The van der Waals surface area contributed by atoms with Crippen LogP contribution in [0.4, 0.5) is 11.6 Å². The summed E-state index contributed by atoms with van der Waals surface area (Å²) in [6.07, 6.45) is 0. The topological polar surface area (TPSA) is 60.1 Å². The van der Waals surface area contributed by atoms with Crippen molar-refractivity contribution in [1.29, 1.82) is 0 Å². The molecule has 0 saturated carbocycles. The van der Waals surface area contributed by atoms with E-state index in [0.717, 1.165) is 16.8 Å². The first-order valence-corrected chi connectivity index (χ1v) is 8.23. The third-order valence-corrected chi connectivity index (χ3v) is 4.39. The van der Waals surface area contributed by atoms with Gasteiger partial charge in [-0.3, -0.25) is 14.2 Å². The molecule has 126 valence electrons. The van der Waals surface area contributed by atoms with E-state index in [1.807, 2.05) is 66.4 Å². The van der Waals surface area contributed by atoms with Crippen LogP contribution in [0.2, 0.25) is 0 Å². The van der Waals surface area contributed by atoms with Crippen LogP contribution < -0.4 is 16.0 Å². The first-order valence-electron chi connectivity index (χ1n) is 8.23. The highest BCUT2D eigenvalue weighted by Gasteiger charge is 2.25. The molecule has 2 heterocycles. The molecule has 0 amide bonds. The molecule has 0 aliphatic carbocycles. The average Bonchev–Trinajstić information content (AvgIpc) is 3.04. The molecule has 6 nitrogen and oxygen atoms in total. The molecule has 0 saturated heterocycles. The second-order valence-electron chi connectivity index (χ2n) is 6.20. The van der Waals surface area contributed by atoms with E-state index in [1.54, 1.807) is 0 Å². The number of benzene rings is 2. The second kappa shape index (κ2) is 6.05. The number of aryl methyl sites for hydroxylation is 1. The van der Waals surface area contributed by atoms with Crippen molar-refractivity contribution in [3.05, 3.63) is 86.4 Å². The molecule has 0 fully saturated rings. The lowest BCUT2D eigenvalue weighted by Gasteiger charge is -2.17. The summed E-state index contributed by atoms with van der Waals surface area (Å²) < 4.78 is 2.73. The standard InChI is InChI=1S/C19H18N4O2/c1-14-6-5-7-15(12-14)13-23-18(25)17(24)22-11-10-21(19(22)20-23)16-8-3-2-4-9-16/h2-9,12H,10-11,13H2,1H3. The van der Waals surface area contributed by atoms with Gasteiger partial charge in [-0.05, 0) is 24.6 Å². The van der Waals surface area contributed by atoms with Crippen LogP contribution in [0.3, 0.4) is 0 Å². The van der Waals surface area contributed by atoms with Gasteiger partial charge in [0.2, 0.25) is 5.95 Å². The zero-order chi connectivity index (χ0) is 17.4. The highest BCUT2D eigenvalue weighted by atomic mass is 16.2. The van der Waals surface area contributed by atoms with Crippen molar-refractivity contribution in [3.8, 4) is 0 Å². The fourth-order valence-corrected chi connectivity index (χ4v) is 3.17. The average molecular weight is 334 g/mol. The van der Waals surface area contributed by atoms with Gasteiger partial charge in [-0.2, -0.15) is 0 Å². The lowest BCUT2D eigenvalue weighted by molar-refractivity contribution is 0.591. The minimum absolute atomic E-state index is 0.284. The van der Waals surface area contributed by atoms with Crippen LogP contribution in [0.5, 0.6) is 0 Å². The SMILES string of the molecule is Cc1cccc(Cn2nc3n(c(=O)c2=O)CCN3c2ccccc2)c1. The van der Waals surface area contributed by atoms with Crippen molar-refractivity contribution >= 4 is 11.6 Å². The highest BCUT2D eigenvalue weighted by Crippen LogP contribution is 2.25. The fourth-order valence-electron chi connectivity index (χ4n) is 3.17. The Balaban J connectivity index is 1.79. The summed E-state index contributed by atoms with van der Waals surface area (Å²) in [6.45, 7) is 3.37. The predicted molar refractivity (Wildman–Crippen MR) is 96.5 cm³/mol. The van der Waals surface area contributed by atoms with Crippen molar-refractivity contribution < 1.29 is 0 Å². The van der Waals surface area contributed by atoms with Crippen molar-refractivity contribution in [1.82, 2.24) is 14.3 Å². The molecule has 0 bridgehead atoms. The van der Waals surface area contributed by atoms with Crippen molar-refractivity contribution in [2.24, 2.45) is 0 Å². The second-order valence-corrected chi connectivity index (χ2v) is 6.20.